The number of rotatable bonds is 4. The van der Waals surface area contributed by atoms with Crippen LogP contribution in [0.15, 0.2) is 54.6 Å². The minimum atomic E-state index is -0.150. The van der Waals surface area contributed by atoms with Gasteiger partial charge >= 0.3 is 0 Å². The minimum absolute atomic E-state index is 0.0190. The van der Waals surface area contributed by atoms with Crippen molar-refractivity contribution in [2.24, 2.45) is 0 Å². The van der Waals surface area contributed by atoms with Gasteiger partial charge in [0.1, 0.15) is 6.61 Å². The van der Waals surface area contributed by atoms with E-state index in [9.17, 15) is 4.79 Å². The van der Waals surface area contributed by atoms with Crippen LogP contribution >= 0.6 is 0 Å². The second kappa shape index (κ2) is 6.52. The predicted molar refractivity (Wildman–Crippen MR) is 84.4 cm³/mol. The molecular formula is C18H19NO3. The van der Waals surface area contributed by atoms with Gasteiger partial charge in [0.2, 0.25) is 0 Å². The molecule has 4 nitrogen and oxygen atoms in total. The number of para-hydroxylation sites is 2. The monoisotopic (exact) mass is 297 g/mol. The van der Waals surface area contributed by atoms with Crippen molar-refractivity contribution in [2.75, 3.05) is 19.7 Å². The van der Waals surface area contributed by atoms with Crippen LogP contribution < -0.4 is 9.47 Å². The van der Waals surface area contributed by atoms with Crippen molar-refractivity contribution in [3.63, 3.8) is 0 Å². The Balaban J connectivity index is 1.68. The molecule has 0 fully saturated rings. The molecule has 0 spiro atoms. The minimum Gasteiger partial charge on any atom is -0.486 e. The lowest BCUT2D eigenvalue weighted by Crippen LogP contribution is -2.43. The molecule has 1 atom stereocenters. The zero-order valence-electron chi connectivity index (χ0n) is 12.6. The van der Waals surface area contributed by atoms with Crippen molar-refractivity contribution in [1.29, 1.82) is 0 Å². The maximum atomic E-state index is 12.5. The summed E-state index contributed by atoms with van der Waals surface area (Å²) in [5.74, 6) is 1.52. The van der Waals surface area contributed by atoms with Crippen molar-refractivity contribution >= 4 is 5.91 Å². The Hall–Kier alpha value is -2.49. The van der Waals surface area contributed by atoms with E-state index in [1.807, 2.05) is 61.5 Å². The summed E-state index contributed by atoms with van der Waals surface area (Å²) in [6, 6.07) is 16.9. The molecule has 0 radical (unpaired) electrons. The maximum Gasteiger partial charge on any atom is 0.253 e. The van der Waals surface area contributed by atoms with Crippen molar-refractivity contribution in [3.05, 3.63) is 60.2 Å². The summed E-state index contributed by atoms with van der Waals surface area (Å²) in [4.78, 5) is 14.3. The van der Waals surface area contributed by atoms with Crippen LogP contribution in [0.1, 0.15) is 17.3 Å². The quantitative estimate of drug-likeness (QED) is 0.871. The summed E-state index contributed by atoms with van der Waals surface area (Å²) in [6.07, 6.45) is -0.150. The number of likely N-dealkylation sites (N-methyl/N-ethyl adjacent to an activating group) is 1. The lowest BCUT2D eigenvalue weighted by molar-refractivity contribution is 0.0475. The largest absolute Gasteiger partial charge is 0.486 e. The molecule has 22 heavy (non-hydrogen) atoms. The molecule has 0 aromatic heterocycles. The zero-order valence-corrected chi connectivity index (χ0v) is 12.6. The van der Waals surface area contributed by atoms with E-state index in [0.29, 0.717) is 25.3 Å². The molecule has 0 bridgehead atoms. The van der Waals surface area contributed by atoms with Crippen LogP contribution in [0.5, 0.6) is 11.5 Å². The van der Waals surface area contributed by atoms with Gasteiger partial charge in [0.05, 0.1) is 6.54 Å². The van der Waals surface area contributed by atoms with Gasteiger partial charge in [-0.25, -0.2) is 0 Å². The molecule has 0 saturated heterocycles. The standard InChI is InChI=1S/C18H19NO3/c1-2-19(18(20)14-8-4-3-5-9-14)12-15-13-21-16-10-6-7-11-17(16)22-15/h3-11,15H,2,12-13H2,1H3. The molecule has 0 N–H and O–H groups in total. The number of hydrogen-bond donors (Lipinski definition) is 0. The molecule has 2 aromatic carbocycles. The van der Waals surface area contributed by atoms with Gasteiger partial charge in [-0.1, -0.05) is 30.3 Å². The normalized spacial score (nSPS) is 16.1. The Kier molecular flexibility index (Phi) is 4.28. The first-order chi connectivity index (χ1) is 10.8. The van der Waals surface area contributed by atoms with E-state index in [1.54, 1.807) is 4.90 Å². The van der Waals surface area contributed by atoms with Crippen LogP contribution in [-0.2, 0) is 0 Å². The fourth-order valence-electron chi connectivity index (χ4n) is 2.52. The van der Waals surface area contributed by atoms with Gasteiger partial charge in [-0.05, 0) is 31.2 Å². The van der Waals surface area contributed by atoms with Crippen LogP contribution in [0, 0.1) is 0 Å². The molecule has 1 unspecified atom stereocenters. The topological polar surface area (TPSA) is 38.8 Å². The highest BCUT2D eigenvalue weighted by Gasteiger charge is 2.25. The molecule has 1 amide bonds. The van der Waals surface area contributed by atoms with E-state index >= 15 is 0 Å². The number of benzene rings is 2. The Bertz CT molecular complexity index is 642. The lowest BCUT2D eigenvalue weighted by atomic mass is 10.2. The number of amides is 1. The van der Waals surface area contributed by atoms with E-state index < -0.39 is 0 Å². The Morgan fingerprint density at radius 2 is 1.77 bits per heavy atom. The van der Waals surface area contributed by atoms with E-state index in [1.165, 1.54) is 0 Å². The van der Waals surface area contributed by atoms with Crippen molar-refractivity contribution in [2.45, 2.75) is 13.0 Å². The average molecular weight is 297 g/mol. The first-order valence-electron chi connectivity index (χ1n) is 7.50. The molecule has 3 rings (SSSR count). The SMILES string of the molecule is CCN(CC1COc2ccccc2O1)C(=O)c1ccccc1. The average Bonchev–Trinajstić information content (AvgIpc) is 2.59. The second-order valence-corrected chi connectivity index (χ2v) is 5.21. The number of hydrogen-bond acceptors (Lipinski definition) is 3. The third-order valence-corrected chi connectivity index (χ3v) is 3.68. The Morgan fingerprint density at radius 1 is 1.09 bits per heavy atom. The van der Waals surface area contributed by atoms with Crippen LogP contribution in [0.3, 0.4) is 0 Å². The molecule has 4 heteroatoms. The summed E-state index contributed by atoms with van der Waals surface area (Å²) in [7, 11) is 0. The van der Waals surface area contributed by atoms with Crippen molar-refractivity contribution in [3.8, 4) is 11.5 Å². The summed E-state index contributed by atoms with van der Waals surface area (Å²) in [6.45, 7) is 3.57. The highest BCUT2D eigenvalue weighted by molar-refractivity contribution is 5.94. The maximum absolute atomic E-state index is 12.5. The van der Waals surface area contributed by atoms with Crippen LogP contribution in [-0.4, -0.2) is 36.6 Å². The molecule has 0 saturated carbocycles. The highest BCUT2D eigenvalue weighted by atomic mass is 16.6. The van der Waals surface area contributed by atoms with E-state index in [2.05, 4.69) is 0 Å². The first-order valence-corrected chi connectivity index (χ1v) is 7.50. The van der Waals surface area contributed by atoms with Gasteiger partial charge in [0, 0.05) is 12.1 Å². The van der Waals surface area contributed by atoms with E-state index in [-0.39, 0.29) is 12.0 Å². The van der Waals surface area contributed by atoms with Gasteiger partial charge in [0.25, 0.3) is 5.91 Å². The van der Waals surface area contributed by atoms with Gasteiger partial charge < -0.3 is 14.4 Å². The molecule has 114 valence electrons. The van der Waals surface area contributed by atoms with Crippen LogP contribution in [0.25, 0.3) is 0 Å². The zero-order chi connectivity index (χ0) is 15.4. The van der Waals surface area contributed by atoms with E-state index in [0.717, 1.165) is 11.5 Å². The number of fused-ring (bicyclic) bond motifs is 1. The van der Waals surface area contributed by atoms with Gasteiger partial charge in [0.15, 0.2) is 17.6 Å². The molecule has 1 aliphatic heterocycles. The molecule has 1 aliphatic rings. The number of carbonyl (C=O) groups excluding carboxylic acids is 1. The third-order valence-electron chi connectivity index (χ3n) is 3.68. The van der Waals surface area contributed by atoms with E-state index in [4.69, 9.17) is 9.47 Å². The third kappa shape index (κ3) is 3.06. The second-order valence-electron chi connectivity index (χ2n) is 5.21. The number of carbonyl (C=O) groups is 1. The van der Waals surface area contributed by atoms with Gasteiger partial charge in [-0.15, -0.1) is 0 Å². The highest BCUT2D eigenvalue weighted by Crippen LogP contribution is 2.31. The van der Waals surface area contributed by atoms with Gasteiger partial charge in [-0.2, -0.15) is 0 Å². The molecule has 0 aliphatic carbocycles. The van der Waals surface area contributed by atoms with Crippen LogP contribution in [0.4, 0.5) is 0 Å². The first kappa shape index (κ1) is 14.4. The summed E-state index contributed by atoms with van der Waals surface area (Å²) < 4.78 is 11.6. The lowest BCUT2D eigenvalue weighted by Gasteiger charge is -2.31. The molecule has 1 heterocycles. The number of nitrogens with zero attached hydrogens (tertiary/aromatic N) is 1. The molecular weight excluding hydrogens is 278 g/mol. The fourth-order valence-corrected chi connectivity index (χ4v) is 2.52. The van der Waals surface area contributed by atoms with Gasteiger partial charge in [-0.3, -0.25) is 4.79 Å². The van der Waals surface area contributed by atoms with Crippen molar-refractivity contribution < 1.29 is 14.3 Å². The summed E-state index contributed by atoms with van der Waals surface area (Å²) >= 11 is 0. The van der Waals surface area contributed by atoms with Crippen LogP contribution in [0.2, 0.25) is 0 Å². The Labute approximate surface area is 130 Å². The Morgan fingerprint density at radius 3 is 2.50 bits per heavy atom. The number of ether oxygens (including phenoxy) is 2. The predicted octanol–water partition coefficient (Wildman–Crippen LogP) is 2.99. The molecule has 2 aromatic rings. The fraction of sp³-hybridized carbons (Fsp3) is 0.278. The summed E-state index contributed by atoms with van der Waals surface area (Å²) in [5, 5.41) is 0. The summed E-state index contributed by atoms with van der Waals surface area (Å²) in [5.41, 5.74) is 0.696. The van der Waals surface area contributed by atoms with Crippen molar-refractivity contribution in [1.82, 2.24) is 4.90 Å². The smallest absolute Gasteiger partial charge is 0.253 e.